The van der Waals surface area contributed by atoms with Crippen LogP contribution < -0.4 is 15.2 Å². The van der Waals surface area contributed by atoms with Crippen molar-refractivity contribution < 1.29 is 9.47 Å². The second-order valence-corrected chi connectivity index (χ2v) is 7.73. The molecule has 2 heterocycles. The Labute approximate surface area is 175 Å². The van der Waals surface area contributed by atoms with E-state index in [2.05, 4.69) is 29.4 Å². The van der Waals surface area contributed by atoms with Crippen LogP contribution >= 0.6 is 0 Å². The molecule has 0 aliphatic heterocycles. The van der Waals surface area contributed by atoms with E-state index in [4.69, 9.17) is 20.2 Å². The number of ether oxygens (including phenoxy) is 2. The molecular weight excluding hydrogens is 376 g/mol. The van der Waals surface area contributed by atoms with Crippen LogP contribution in [-0.4, -0.2) is 28.8 Å². The Morgan fingerprint density at radius 1 is 0.933 bits per heavy atom. The van der Waals surface area contributed by atoms with Gasteiger partial charge < -0.3 is 15.2 Å². The fourth-order valence-electron chi connectivity index (χ4n) is 4.18. The van der Waals surface area contributed by atoms with Crippen molar-refractivity contribution >= 4 is 5.65 Å². The molecular formula is C24H24N4O2. The number of imidazole rings is 1. The number of hydrogen-bond donors (Lipinski definition) is 1. The van der Waals surface area contributed by atoms with Crippen LogP contribution in [0.5, 0.6) is 11.5 Å². The van der Waals surface area contributed by atoms with Crippen molar-refractivity contribution in [2.45, 2.75) is 24.8 Å². The summed E-state index contributed by atoms with van der Waals surface area (Å²) < 4.78 is 13.0. The highest BCUT2D eigenvalue weighted by Crippen LogP contribution is 2.41. The highest BCUT2D eigenvalue weighted by Gasteiger charge is 2.34. The first-order valence-electron chi connectivity index (χ1n) is 10.1. The summed E-state index contributed by atoms with van der Waals surface area (Å²) in [6, 6.07) is 18.1. The minimum atomic E-state index is -0.187. The number of fused-ring (bicyclic) bond motifs is 1. The van der Waals surface area contributed by atoms with E-state index in [9.17, 15) is 0 Å². The van der Waals surface area contributed by atoms with Gasteiger partial charge in [0.25, 0.3) is 0 Å². The van der Waals surface area contributed by atoms with Crippen molar-refractivity contribution in [3.05, 3.63) is 66.4 Å². The maximum Gasteiger partial charge on any atom is 0.197 e. The third kappa shape index (κ3) is 2.83. The number of hydrogen-bond acceptors (Lipinski definition) is 5. The molecule has 0 unspecified atom stereocenters. The summed E-state index contributed by atoms with van der Waals surface area (Å²) in [5.74, 6) is 1.43. The average molecular weight is 400 g/mol. The molecule has 152 valence electrons. The van der Waals surface area contributed by atoms with Crippen LogP contribution in [0.1, 0.15) is 24.8 Å². The zero-order chi connectivity index (χ0) is 20.7. The average Bonchev–Trinajstić information content (AvgIpc) is 3.17. The summed E-state index contributed by atoms with van der Waals surface area (Å²) in [7, 11) is 3.31. The van der Waals surface area contributed by atoms with E-state index in [1.807, 2.05) is 34.8 Å². The standard InChI is InChI=1S/C24H24N4O2/c1-29-19-7-4-3-6-18(19)22-21(27-23-20(30-2)12-15-26-28(22)23)16-8-10-17(11-9-16)24(25)13-5-14-24/h3-4,6-12,15H,5,13-14,25H2,1-2H3. The van der Waals surface area contributed by atoms with Gasteiger partial charge in [-0.25, -0.2) is 9.50 Å². The Morgan fingerprint density at radius 3 is 2.33 bits per heavy atom. The van der Waals surface area contributed by atoms with Gasteiger partial charge in [-0.3, -0.25) is 0 Å². The van der Waals surface area contributed by atoms with Gasteiger partial charge in [0.15, 0.2) is 11.4 Å². The molecule has 4 aromatic rings. The molecule has 0 radical (unpaired) electrons. The maximum atomic E-state index is 6.51. The molecule has 1 saturated carbocycles. The fraction of sp³-hybridized carbons (Fsp3) is 0.250. The lowest BCUT2D eigenvalue weighted by molar-refractivity contribution is 0.253. The van der Waals surface area contributed by atoms with Crippen molar-refractivity contribution in [1.82, 2.24) is 14.6 Å². The van der Waals surface area contributed by atoms with Crippen LogP contribution in [0.15, 0.2) is 60.8 Å². The Morgan fingerprint density at radius 2 is 1.67 bits per heavy atom. The molecule has 1 aliphatic rings. The molecule has 5 rings (SSSR count). The lowest BCUT2D eigenvalue weighted by Gasteiger charge is -2.38. The molecule has 6 heteroatoms. The number of aromatic nitrogens is 3. The first-order chi connectivity index (χ1) is 14.6. The van der Waals surface area contributed by atoms with E-state index in [-0.39, 0.29) is 5.54 Å². The predicted molar refractivity (Wildman–Crippen MR) is 117 cm³/mol. The number of benzene rings is 2. The number of para-hydroxylation sites is 1. The summed E-state index contributed by atoms with van der Waals surface area (Å²) in [6.07, 6.45) is 4.98. The quantitative estimate of drug-likeness (QED) is 0.537. The van der Waals surface area contributed by atoms with E-state index in [0.717, 1.165) is 41.1 Å². The zero-order valence-corrected chi connectivity index (χ0v) is 17.1. The summed E-state index contributed by atoms with van der Waals surface area (Å²) in [6.45, 7) is 0. The number of rotatable bonds is 5. The second kappa shape index (κ2) is 7.15. The van der Waals surface area contributed by atoms with Crippen LogP contribution in [0.25, 0.3) is 28.2 Å². The fourth-order valence-corrected chi connectivity index (χ4v) is 4.18. The van der Waals surface area contributed by atoms with Gasteiger partial charge in [-0.2, -0.15) is 5.10 Å². The second-order valence-electron chi connectivity index (χ2n) is 7.73. The SMILES string of the molecule is COc1ccccc1-c1c(-c2ccc(C3(N)CCC3)cc2)nc2c(OC)ccnn12. The summed E-state index contributed by atoms with van der Waals surface area (Å²) in [5.41, 5.74) is 11.8. The van der Waals surface area contributed by atoms with Gasteiger partial charge in [0.2, 0.25) is 0 Å². The molecule has 0 bridgehead atoms. The zero-order valence-electron chi connectivity index (χ0n) is 17.1. The minimum Gasteiger partial charge on any atom is -0.496 e. The molecule has 2 aromatic heterocycles. The first kappa shape index (κ1) is 18.6. The molecule has 0 amide bonds. The Kier molecular flexibility index (Phi) is 4.44. The van der Waals surface area contributed by atoms with E-state index >= 15 is 0 Å². The van der Waals surface area contributed by atoms with Gasteiger partial charge in [-0.1, -0.05) is 36.4 Å². The van der Waals surface area contributed by atoms with Crippen LogP contribution in [-0.2, 0) is 5.54 Å². The van der Waals surface area contributed by atoms with Crippen molar-refractivity contribution in [2.75, 3.05) is 14.2 Å². The number of methoxy groups -OCH3 is 2. The van der Waals surface area contributed by atoms with Gasteiger partial charge in [-0.05, 0) is 37.0 Å². The minimum absolute atomic E-state index is 0.187. The van der Waals surface area contributed by atoms with Gasteiger partial charge in [0.1, 0.15) is 11.4 Å². The molecule has 0 spiro atoms. The van der Waals surface area contributed by atoms with Crippen molar-refractivity contribution in [3.63, 3.8) is 0 Å². The summed E-state index contributed by atoms with van der Waals surface area (Å²) in [4.78, 5) is 4.92. The first-order valence-corrected chi connectivity index (χ1v) is 10.1. The molecule has 1 aliphatic carbocycles. The van der Waals surface area contributed by atoms with E-state index in [0.29, 0.717) is 11.4 Å². The van der Waals surface area contributed by atoms with Crippen LogP contribution in [0.2, 0.25) is 0 Å². The van der Waals surface area contributed by atoms with Crippen molar-refractivity contribution in [3.8, 4) is 34.0 Å². The van der Waals surface area contributed by atoms with Crippen LogP contribution in [0, 0.1) is 0 Å². The smallest absolute Gasteiger partial charge is 0.197 e. The molecule has 2 aromatic carbocycles. The largest absolute Gasteiger partial charge is 0.496 e. The lowest BCUT2D eigenvalue weighted by atomic mass is 9.72. The maximum absolute atomic E-state index is 6.51. The number of nitrogens with zero attached hydrogens (tertiary/aromatic N) is 3. The highest BCUT2D eigenvalue weighted by molar-refractivity contribution is 5.85. The summed E-state index contributed by atoms with van der Waals surface area (Å²) >= 11 is 0. The Balaban J connectivity index is 1.73. The van der Waals surface area contributed by atoms with E-state index in [1.165, 1.54) is 12.0 Å². The molecule has 6 nitrogen and oxygen atoms in total. The molecule has 0 atom stereocenters. The third-order valence-electron chi connectivity index (χ3n) is 6.04. The predicted octanol–water partition coefficient (Wildman–Crippen LogP) is 4.42. The Bertz CT molecular complexity index is 1210. The highest BCUT2D eigenvalue weighted by atomic mass is 16.5. The van der Waals surface area contributed by atoms with Gasteiger partial charge >= 0.3 is 0 Å². The lowest BCUT2D eigenvalue weighted by Crippen LogP contribution is -2.43. The summed E-state index contributed by atoms with van der Waals surface area (Å²) in [5, 5.41) is 4.57. The van der Waals surface area contributed by atoms with Crippen LogP contribution in [0.4, 0.5) is 0 Å². The topological polar surface area (TPSA) is 74.7 Å². The van der Waals surface area contributed by atoms with Crippen LogP contribution in [0.3, 0.4) is 0 Å². The molecule has 2 N–H and O–H groups in total. The van der Waals surface area contributed by atoms with Gasteiger partial charge in [0, 0.05) is 22.7 Å². The Hall–Kier alpha value is -3.38. The van der Waals surface area contributed by atoms with Gasteiger partial charge in [-0.15, -0.1) is 0 Å². The third-order valence-corrected chi connectivity index (χ3v) is 6.04. The molecule has 0 saturated heterocycles. The molecule has 30 heavy (non-hydrogen) atoms. The normalized spacial score (nSPS) is 15.0. The monoisotopic (exact) mass is 400 g/mol. The van der Waals surface area contributed by atoms with E-state index in [1.54, 1.807) is 20.4 Å². The molecule has 1 fully saturated rings. The van der Waals surface area contributed by atoms with E-state index < -0.39 is 0 Å². The van der Waals surface area contributed by atoms with Gasteiger partial charge in [0.05, 0.1) is 26.1 Å². The van der Waals surface area contributed by atoms with Crippen molar-refractivity contribution in [2.24, 2.45) is 5.73 Å². The van der Waals surface area contributed by atoms with Crippen molar-refractivity contribution in [1.29, 1.82) is 0 Å². The number of nitrogens with two attached hydrogens (primary N) is 1.